The number of pyridine rings is 1. The molecule has 2 aromatic rings. The van der Waals surface area contributed by atoms with Gasteiger partial charge in [0.1, 0.15) is 5.69 Å². The normalized spacial score (nSPS) is 11.6. The maximum absolute atomic E-state index is 12.4. The number of alkyl halides is 3. The second kappa shape index (κ2) is 5.44. The molecule has 0 N–H and O–H groups in total. The van der Waals surface area contributed by atoms with Crippen LogP contribution in [0.4, 0.5) is 13.2 Å². The van der Waals surface area contributed by atoms with E-state index in [9.17, 15) is 18.0 Å². The van der Waals surface area contributed by atoms with E-state index in [0.717, 1.165) is 18.6 Å². The Morgan fingerprint density at radius 3 is 2.60 bits per heavy atom. The highest BCUT2D eigenvalue weighted by molar-refractivity contribution is 6.05. The number of nitrogens with zero attached hydrogens (tertiary/aromatic N) is 3. The first kappa shape index (κ1) is 14.2. The van der Waals surface area contributed by atoms with E-state index in [-0.39, 0.29) is 11.5 Å². The lowest BCUT2D eigenvalue weighted by atomic mass is 10.2. The van der Waals surface area contributed by atoms with E-state index in [0.29, 0.717) is 12.7 Å². The molecule has 0 aromatic carbocycles. The molecule has 0 aliphatic rings. The molecular formula is C13H12F3N3O. The first-order valence-corrected chi connectivity index (χ1v) is 6.02. The number of ketones is 1. The molecule has 0 atom stereocenters. The molecule has 2 rings (SSSR count). The van der Waals surface area contributed by atoms with Crippen LogP contribution in [0.15, 0.2) is 30.7 Å². The summed E-state index contributed by atoms with van der Waals surface area (Å²) in [6.07, 6.45) is 0.139. The van der Waals surface area contributed by atoms with Crippen LogP contribution in [0.25, 0.3) is 0 Å². The zero-order valence-electron chi connectivity index (χ0n) is 10.7. The molecule has 4 nitrogen and oxygen atoms in total. The van der Waals surface area contributed by atoms with Gasteiger partial charge in [-0.2, -0.15) is 13.2 Å². The molecule has 7 heteroatoms. The third-order valence-electron chi connectivity index (χ3n) is 2.71. The first-order valence-electron chi connectivity index (χ1n) is 6.02. The summed E-state index contributed by atoms with van der Waals surface area (Å²) >= 11 is 0. The minimum absolute atomic E-state index is 0.0541. The van der Waals surface area contributed by atoms with E-state index in [1.165, 1.54) is 6.20 Å². The Morgan fingerprint density at radius 2 is 2.05 bits per heavy atom. The van der Waals surface area contributed by atoms with Gasteiger partial charge in [0, 0.05) is 25.1 Å². The second-order valence-electron chi connectivity index (χ2n) is 4.20. The van der Waals surface area contributed by atoms with E-state index in [2.05, 4.69) is 9.97 Å². The number of hydrogen-bond donors (Lipinski definition) is 0. The van der Waals surface area contributed by atoms with Crippen LogP contribution in [0.3, 0.4) is 0 Å². The molecule has 0 spiro atoms. The molecule has 106 valence electrons. The molecule has 0 radical (unpaired) electrons. The maximum atomic E-state index is 12.4. The van der Waals surface area contributed by atoms with E-state index in [1.54, 1.807) is 10.8 Å². The van der Waals surface area contributed by atoms with Gasteiger partial charge in [0.25, 0.3) is 0 Å². The number of aryl methyl sites for hydroxylation is 1. The summed E-state index contributed by atoms with van der Waals surface area (Å²) in [5.41, 5.74) is -0.937. The number of hydrogen-bond acceptors (Lipinski definition) is 3. The number of carbonyl (C=O) groups is 1. The van der Waals surface area contributed by atoms with Gasteiger partial charge in [-0.1, -0.05) is 6.92 Å². The number of carbonyl (C=O) groups excluding carboxylic acids is 1. The summed E-state index contributed by atoms with van der Waals surface area (Å²) < 4.78 is 38.9. The number of aromatic nitrogens is 3. The highest BCUT2D eigenvalue weighted by Crippen LogP contribution is 2.28. The molecule has 0 unspecified atom stereocenters. The van der Waals surface area contributed by atoms with Gasteiger partial charge < -0.3 is 4.57 Å². The van der Waals surface area contributed by atoms with Crippen molar-refractivity contribution in [3.8, 4) is 0 Å². The van der Waals surface area contributed by atoms with Crippen LogP contribution in [-0.4, -0.2) is 20.3 Å². The predicted molar refractivity (Wildman–Crippen MR) is 65.2 cm³/mol. The van der Waals surface area contributed by atoms with Crippen LogP contribution >= 0.6 is 0 Å². The molecule has 2 aromatic heterocycles. The lowest BCUT2D eigenvalue weighted by Crippen LogP contribution is -2.13. The average Bonchev–Trinajstić information content (AvgIpc) is 2.86. The fourth-order valence-corrected chi connectivity index (χ4v) is 1.75. The second-order valence-corrected chi connectivity index (χ2v) is 4.20. The smallest absolute Gasteiger partial charge is 0.328 e. The number of halogens is 3. The summed E-state index contributed by atoms with van der Waals surface area (Å²) in [6, 6.07) is 1.91. The van der Waals surface area contributed by atoms with E-state index < -0.39 is 17.5 Å². The fraction of sp³-hybridized carbons (Fsp3) is 0.308. The Morgan fingerprint density at radius 1 is 1.30 bits per heavy atom. The van der Waals surface area contributed by atoms with Crippen LogP contribution in [-0.2, 0) is 12.7 Å². The van der Waals surface area contributed by atoms with Crippen LogP contribution < -0.4 is 0 Å². The lowest BCUT2D eigenvalue weighted by Gasteiger charge is -2.07. The van der Waals surface area contributed by atoms with Crippen molar-refractivity contribution in [2.75, 3.05) is 0 Å². The van der Waals surface area contributed by atoms with Crippen LogP contribution in [0.5, 0.6) is 0 Å². The molecule has 2 heterocycles. The van der Waals surface area contributed by atoms with Gasteiger partial charge in [-0.05, 0) is 18.6 Å². The van der Waals surface area contributed by atoms with Gasteiger partial charge in [0.05, 0.1) is 5.56 Å². The molecule has 0 fully saturated rings. The van der Waals surface area contributed by atoms with Gasteiger partial charge in [-0.15, -0.1) is 0 Å². The Labute approximate surface area is 113 Å². The SMILES string of the molecule is CCCn1ccnc1C(=O)c1ccc(C(F)(F)F)cn1. The van der Waals surface area contributed by atoms with E-state index in [4.69, 9.17) is 0 Å². The summed E-state index contributed by atoms with van der Waals surface area (Å²) in [4.78, 5) is 19.6. The van der Waals surface area contributed by atoms with Crippen molar-refractivity contribution in [1.29, 1.82) is 0 Å². The highest BCUT2D eigenvalue weighted by Gasteiger charge is 2.31. The lowest BCUT2D eigenvalue weighted by molar-refractivity contribution is -0.137. The van der Waals surface area contributed by atoms with Crippen LogP contribution in [0.1, 0.15) is 35.2 Å². The summed E-state index contributed by atoms with van der Waals surface area (Å²) in [5.74, 6) is -0.309. The molecule has 0 saturated heterocycles. The van der Waals surface area contributed by atoms with Gasteiger partial charge in [-0.3, -0.25) is 9.78 Å². The number of imidazole rings is 1. The minimum atomic E-state index is -4.46. The highest BCUT2D eigenvalue weighted by atomic mass is 19.4. The Hall–Kier alpha value is -2.18. The summed E-state index contributed by atoms with van der Waals surface area (Å²) in [6.45, 7) is 2.56. The average molecular weight is 283 g/mol. The van der Waals surface area contributed by atoms with E-state index in [1.807, 2.05) is 6.92 Å². The fourth-order valence-electron chi connectivity index (χ4n) is 1.75. The molecule has 0 amide bonds. The van der Waals surface area contributed by atoms with Crippen molar-refractivity contribution in [3.63, 3.8) is 0 Å². The Bertz CT molecular complexity index is 602. The first-order chi connectivity index (χ1) is 9.43. The topological polar surface area (TPSA) is 47.8 Å². The Kier molecular flexibility index (Phi) is 3.87. The van der Waals surface area contributed by atoms with Crippen molar-refractivity contribution < 1.29 is 18.0 Å². The van der Waals surface area contributed by atoms with Crippen LogP contribution in [0.2, 0.25) is 0 Å². The third kappa shape index (κ3) is 2.87. The third-order valence-corrected chi connectivity index (χ3v) is 2.71. The van der Waals surface area contributed by atoms with Crippen molar-refractivity contribution in [2.24, 2.45) is 0 Å². The number of rotatable bonds is 4. The molecule has 0 aliphatic heterocycles. The quantitative estimate of drug-likeness (QED) is 0.810. The molecule has 20 heavy (non-hydrogen) atoms. The standard InChI is InChI=1S/C13H12F3N3O/c1-2-6-19-7-5-17-12(19)11(20)10-4-3-9(8-18-10)13(14,15)16/h3-5,7-8H,2,6H2,1H3. The monoisotopic (exact) mass is 283 g/mol. The largest absolute Gasteiger partial charge is 0.417 e. The summed E-state index contributed by atoms with van der Waals surface area (Å²) in [7, 11) is 0. The van der Waals surface area contributed by atoms with Gasteiger partial charge in [-0.25, -0.2) is 4.98 Å². The molecule has 0 aliphatic carbocycles. The predicted octanol–water partition coefficient (Wildman–Crippen LogP) is 2.94. The molecule has 0 bridgehead atoms. The minimum Gasteiger partial charge on any atom is -0.328 e. The van der Waals surface area contributed by atoms with E-state index >= 15 is 0 Å². The molecular weight excluding hydrogens is 271 g/mol. The van der Waals surface area contributed by atoms with Crippen molar-refractivity contribution in [2.45, 2.75) is 26.1 Å². The van der Waals surface area contributed by atoms with Crippen molar-refractivity contribution in [3.05, 3.63) is 47.8 Å². The molecule has 0 saturated carbocycles. The Balaban J connectivity index is 2.27. The zero-order chi connectivity index (χ0) is 14.8. The van der Waals surface area contributed by atoms with Crippen molar-refractivity contribution in [1.82, 2.24) is 14.5 Å². The van der Waals surface area contributed by atoms with Gasteiger partial charge >= 0.3 is 6.18 Å². The zero-order valence-corrected chi connectivity index (χ0v) is 10.7. The van der Waals surface area contributed by atoms with Gasteiger partial charge in [0.2, 0.25) is 5.78 Å². The van der Waals surface area contributed by atoms with Crippen molar-refractivity contribution >= 4 is 5.78 Å². The maximum Gasteiger partial charge on any atom is 0.417 e. The van der Waals surface area contributed by atoms with Gasteiger partial charge in [0.15, 0.2) is 5.82 Å². The van der Waals surface area contributed by atoms with Crippen LogP contribution in [0, 0.1) is 0 Å². The summed E-state index contributed by atoms with van der Waals surface area (Å²) in [5, 5.41) is 0.